The van der Waals surface area contributed by atoms with E-state index in [1.54, 1.807) is 55.6 Å². The highest BCUT2D eigenvalue weighted by molar-refractivity contribution is 6.06. The number of benzene rings is 2. The van der Waals surface area contributed by atoms with Crippen LogP contribution in [0.3, 0.4) is 0 Å². The van der Waals surface area contributed by atoms with Crippen molar-refractivity contribution in [2.24, 2.45) is 0 Å². The van der Waals surface area contributed by atoms with Crippen molar-refractivity contribution in [2.75, 3.05) is 17.7 Å². The lowest BCUT2D eigenvalue weighted by atomic mass is 10.1. The molecule has 0 saturated heterocycles. The van der Waals surface area contributed by atoms with E-state index in [0.29, 0.717) is 22.5 Å². The zero-order valence-electron chi connectivity index (χ0n) is 14.9. The van der Waals surface area contributed by atoms with Crippen molar-refractivity contribution in [3.63, 3.8) is 0 Å². The number of rotatable bonds is 5. The first-order chi connectivity index (χ1) is 12.4. The molecule has 0 aromatic heterocycles. The Morgan fingerprint density at radius 3 is 1.88 bits per heavy atom. The Hall–Kier alpha value is -3.35. The van der Waals surface area contributed by atoms with Crippen LogP contribution in [0, 0.1) is 0 Å². The van der Waals surface area contributed by atoms with Crippen LogP contribution in [0.15, 0.2) is 48.5 Å². The van der Waals surface area contributed by atoms with Crippen LogP contribution in [0.2, 0.25) is 0 Å². The van der Waals surface area contributed by atoms with Crippen molar-refractivity contribution in [1.82, 2.24) is 10.6 Å². The van der Waals surface area contributed by atoms with Crippen molar-refractivity contribution >= 4 is 29.2 Å². The van der Waals surface area contributed by atoms with Crippen LogP contribution in [0.5, 0.6) is 0 Å². The summed E-state index contributed by atoms with van der Waals surface area (Å²) in [5, 5.41) is 10.7. The Balaban J connectivity index is 2.09. The summed E-state index contributed by atoms with van der Waals surface area (Å²) >= 11 is 0. The fraction of sp³-hybridized carbons (Fsp3) is 0.211. The maximum Gasteiger partial charge on any atom is 0.319 e. The summed E-state index contributed by atoms with van der Waals surface area (Å²) in [5.74, 6) is -0.574. The quantitative estimate of drug-likeness (QED) is 0.664. The summed E-state index contributed by atoms with van der Waals surface area (Å²) in [4.78, 5) is 35.9. The normalized spacial score (nSPS) is 10.2. The number of nitrogens with one attached hydrogen (secondary N) is 4. The fourth-order valence-electron chi connectivity index (χ4n) is 2.25. The van der Waals surface area contributed by atoms with E-state index in [-0.39, 0.29) is 23.9 Å². The Labute approximate surface area is 152 Å². The molecular weight excluding hydrogens is 332 g/mol. The van der Waals surface area contributed by atoms with Crippen LogP contribution < -0.4 is 21.3 Å². The predicted octanol–water partition coefficient (Wildman–Crippen LogP) is 2.83. The van der Waals surface area contributed by atoms with Gasteiger partial charge in [0.25, 0.3) is 11.8 Å². The van der Waals surface area contributed by atoms with Gasteiger partial charge in [-0.1, -0.05) is 12.1 Å². The number of carbonyl (C=O) groups excluding carboxylic acids is 3. The van der Waals surface area contributed by atoms with Crippen LogP contribution in [-0.4, -0.2) is 30.9 Å². The molecule has 0 aliphatic rings. The Bertz CT molecular complexity index is 818. The van der Waals surface area contributed by atoms with E-state index in [4.69, 9.17) is 0 Å². The average Bonchev–Trinajstić information content (AvgIpc) is 2.60. The summed E-state index contributed by atoms with van der Waals surface area (Å²) in [5.41, 5.74) is 1.85. The fourth-order valence-corrected chi connectivity index (χ4v) is 2.25. The van der Waals surface area contributed by atoms with E-state index >= 15 is 0 Å². The molecule has 2 aromatic carbocycles. The molecule has 0 unspecified atom stereocenters. The van der Waals surface area contributed by atoms with Crippen molar-refractivity contribution in [2.45, 2.75) is 19.9 Å². The van der Waals surface area contributed by atoms with E-state index in [2.05, 4.69) is 21.3 Å². The van der Waals surface area contributed by atoms with Gasteiger partial charge in [0, 0.05) is 35.6 Å². The summed E-state index contributed by atoms with van der Waals surface area (Å²) < 4.78 is 0. The third-order valence-corrected chi connectivity index (χ3v) is 3.41. The maximum atomic E-state index is 12.4. The van der Waals surface area contributed by atoms with Crippen molar-refractivity contribution in [3.8, 4) is 0 Å². The van der Waals surface area contributed by atoms with Gasteiger partial charge in [0.05, 0.1) is 0 Å². The van der Waals surface area contributed by atoms with Gasteiger partial charge in [-0.15, -0.1) is 0 Å². The molecule has 0 aliphatic heterocycles. The lowest BCUT2D eigenvalue weighted by molar-refractivity contribution is 0.0961. The van der Waals surface area contributed by atoms with Crippen molar-refractivity contribution < 1.29 is 14.4 Å². The lowest BCUT2D eigenvalue weighted by Crippen LogP contribution is -2.34. The second kappa shape index (κ2) is 8.66. The van der Waals surface area contributed by atoms with E-state index in [0.717, 1.165) is 0 Å². The molecule has 2 rings (SSSR count). The number of anilines is 2. The molecule has 136 valence electrons. The zero-order valence-corrected chi connectivity index (χ0v) is 14.9. The second-order valence-corrected chi connectivity index (χ2v) is 5.95. The number of hydrogen-bond donors (Lipinski definition) is 4. The van der Waals surface area contributed by atoms with Crippen molar-refractivity contribution in [1.29, 1.82) is 0 Å². The minimum atomic E-state index is -0.341. The molecule has 2 aromatic rings. The van der Waals surface area contributed by atoms with Gasteiger partial charge >= 0.3 is 6.03 Å². The molecule has 4 N–H and O–H groups in total. The van der Waals surface area contributed by atoms with Crippen LogP contribution >= 0.6 is 0 Å². The van der Waals surface area contributed by atoms with E-state index in [9.17, 15) is 14.4 Å². The average molecular weight is 354 g/mol. The minimum Gasteiger partial charge on any atom is -0.355 e. The first-order valence-corrected chi connectivity index (χ1v) is 8.20. The largest absolute Gasteiger partial charge is 0.355 e. The van der Waals surface area contributed by atoms with Gasteiger partial charge in [-0.3, -0.25) is 9.59 Å². The van der Waals surface area contributed by atoms with Crippen LogP contribution in [0.25, 0.3) is 0 Å². The number of hydrogen-bond acceptors (Lipinski definition) is 3. The highest BCUT2D eigenvalue weighted by atomic mass is 16.2. The molecule has 4 amide bonds. The molecule has 0 saturated carbocycles. The highest BCUT2D eigenvalue weighted by Crippen LogP contribution is 2.15. The summed E-state index contributed by atoms with van der Waals surface area (Å²) in [6.45, 7) is 3.72. The molecule has 0 spiro atoms. The number of amides is 4. The van der Waals surface area contributed by atoms with Crippen LogP contribution in [-0.2, 0) is 0 Å². The van der Waals surface area contributed by atoms with Gasteiger partial charge in [0.2, 0.25) is 0 Å². The van der Waals surface area contributed by atoms with Gasteiger partial charge in [-0.05, 0) is 50.2 Å². The molecule has 0 aliphatic carbocycles. The summed E-state index contributed by atoms with van der Waals surface area (Å²) in [6, 6.07) is 12.9. The van der Waals surface area contributed by atoms with Gasteiger partial charge in [0.15, 0.2) is 0 Å². The SMILES string of the molecule is CNC(=O)c1cccc(NC(=O)c2cccc(NC(=O)NC(C)C)c2)c1. The maximum absolute atomic E-state index is 12.4. The molecule has 0 radical (unpaired) electrons. The number of urea groups is 1. The van der Waals surface area contributed by atoms with E-state index < -0.39 is 0 Å². The molecule has 0 atom stereocenters. The lowest BCUT2D eigenvalue weighted by Gasteiger charge is -2.11. The van der Waals surface area contributed by atoms with Crippen LogP contribution in [0.1, 0.15) is 34.6 Å². The van der Waals surface area contributed by atoms with Gasteiger partial charge in [-0.2, -0.15) is 0 Å². The van der Waals surface area contributed by atoms with Gasteiger partial charge < -0.3 is 21.3 Å². The molecule has 0 fully saturated rings. The monoisotopic (exact) mass is 354 g/mol. The van der Waals surface area contributed by atoms with E-state index in [1.807, 2.05) is 13.8 Å². The molecule has 7 nitrogen and oxygen atoms in total. The Morgan fingerprint density at radius 1 is 0.808 bits per heavy atom. The molecule has 0 heterocycles. The van der Waals surface area contributed by atoms with E-state index in [1.165, 1.54) is 0 Å². The van der Waals surface area contributed by atoms with Crippen LogP contribution in [0.4, 0.5) is 16.2 Å². The molecular formula is C19H22N4O3. The molecule has 7 heteroatoms. The summed E-state index contributed by atoms with van der Waals surface area (Å²) in [6.07, 6.45) is 0. The van der Waals surface area contributed by atoms with Gasteiger partial charge in [0.1, 0.15) is 0 Å². The first-order valence-electron chi connectivity index (χ1n) is 8.20. The standard InChI is InChI=1S/C19H22N4O3/c1-12(2)21-19(26)23-16-9-5-7-14(11-16)18(25)22-15-8-4-6-13(10-15)17(24)20-3/h4-12H,1-3H3,(H,20,24)(H,22,25)(H2,21,23,26). The Morgan fingerprint density at radius 2 is 1.35 bits per heavy atom. The minimum absolute atomic E-state index is 0.00841. The third-order valence-electron chi connectivity index (χ3n) is 3.41. The zero-order chi connectivity index (χ0) is 19.1. The summed E-state index contributed by atoms with van der Waals surface area (Å²) in [7, 11) is 1.54. The smallest absolute Gasteiger partial charge is 0.319 e. The topological polar surface area (TPSA) is 99.3 Å². The second-order valence-electron chi connectivity index (χ2n) is 5.95. The molecule has 26 heavy (non-hydrogen) atoms. The van der Waals surface area contributed by atoms with Crippen molar-refractivity contribution in [3.05, 3.63) is 59.7 Å². The predicted molar refractivity (Wildman–Crippen MR) is 102 cm³/mol. The van der Waals surface area contributed by atoms with Gasteiger partial charge in [-0.25, -0.2) is 4.79 Å². The molecule has 0 bridgehead atoms. The number of carbonyl (C=O) groups is 3. The first kappa shape index (κ1) is 19.0. The Kier molecular flexibility index (Phi) is 6.32. The third kappa shape index (κ3) is 5.34. The highest BCUT2D eigenvalue weighted by Gasteiger charge is 2.10.